The summed E-state index contributed by atoms with van der Waals surface area (Å²) in [4.78, 5) is 0. The summed E-state index contributed by atoms with van der Waals surface area (Å²) >= 11 is 4.97. The van der Waals surface area contributed by atoms with E-state index in [1.54, 1.807) is 7.05 Å². The highest BCUT2D eigenvalue weighted by Crippen LogP contribution is 2.23. The fourth-order valence-corrected chi connectivity index (χ4v) is 1.49. The minimum atomic E-state index is 0.166. The van der Waals surface area contributed by atoms with Crippen molar-refractivity contribution in [1.29, 1.82) is 0 Å². The smallest absolute Gasteiger partial charge is 0.184 e. The Bertz CT molecular complexity index is 429. The summed E-state index contributed by atoms with van der Waals surface area (Å²) in [5.74, 6) is 0. The molecule has 1 rings (SSSR count). The molecule has 0 aliphatic heterocycles. The fraction of sp³-hybridized carbons (Fsp3) is 0.357. The van der Waals surface area contributed by atoms with Crippen molar-refractivity contribution >= 4 is 23.0 Å². The van der Waals surface area contributed by atoms with Gasteiger partial charge in [-0.15, -0.1) is 0 Å². The third-order valence-electron chi connectivity index (χ3n) is 2.65. The molecule has 18 heavy (non-hydrogen) atoms. The van der Waals surface area contributed by atoms with Gasteiger partial charge in [0.1, 0.15) is 0 Å². The Kier molecular flexibility index (Phi) is 4.73. The van der Waals surface area contributed by atoms with Crippen LogP contribution in [0.3, 0.4) is 0 Å². The van der Waals surface area contributed by atoms with Crippen LogP contribution in [-0.4, -0.2) is 12.2 Å². The van der Waals surface area contributed by atoms with Crippen molar-refractivity contribution in [3.8, 4) is 0 Å². The van der Waals surface area contributed by atoms with E-state index in [4.69, 9.17) is 12.2 Å². The molecule has 0 aliphatic carbocycles. The van der Waals surface area contributed by atoms with Crippen LogP contribution in [-0.2, 0) is 5.41 Å². The van der Waals surface area contributed by atoms with E-state index in [1.165, 1.54) is 5.56 Å². The lowest BCUT2D eigenvalue weighted by atomic mass is 9.86. The maximum Gasteiger partial charge on any atom is 0.184 e. The van der Waals surface area contributed by atoms with Crippen LogP contribution >= 0.6 is 12.2 Å². The zero-order valence-electron chi connectivity index (χ0n) is 11.4. The summed E-state index contributed by atoms with van der Waals surface area (Å²) in [5.41, 5.74) is 9.10. The zero-order chi connectivity index (χ0) is 13.8. The van der Waals surface area contributed by atoms with Crippen LogP contribution in [0.15, 0.2) is 30.8 Å². The lowest BCUT2D eigenvalue weighted by Gasteiger charge is -2.19. The first kappa shape index (κ1) is 14.5. The molecule has 0 atom stereocenters. The van der Waals surface area contributed by atoms with E-state index in [-0.39, 0.29) is 5.41 Å². The summed E-state index contributed by atoms with van der Waals surface area (Å²) < 4.78 is 0. The summed E-state index contributed by atoms with van der Waals surface area (Å²) in [6.45, 7) is 10.6. The highest BCUT2D eigenvalue weighted by Gasteiger charge is 2.13. The van der Waals surface area contributed by atoms with Crippen LogP contribution in [0.5, 0.6) is 0 Å². The average Bonchev–Trinajstić information content (AvgIpc) is 2.34. The lowest BCUT2D eigenvalue weighted by Crippen LogP contribution is -2.41. The average molecular weight is 263 g/mol. The van der Waals surface area contributed by atoms with Gasteiger partial charge in [0.05, 0.1) is 5.70 Å². The Morgan fingerprint density at radius 1 is 1.11 bits per heavy atom. The van der Waals surface area contributed by atoms with Gasteiger partial charge < -0.3 is 5.32 Å². The van der Waals surface area contributed by atoms with Crippen LogP contribution in [0.1, 0.15) is 31.9 Å². The van der Waals surface area contributed by atoms with Gasteiger partial charge in [-0.05, 0) is 28.8 Å². The van der Waals surface area contributed by atoms with Gasteiger partial charge in [0.2, 0.25) is 0 Å². The first-order valence-corrected chi connectivity index (χ1v) is 6.29. The Balaban J connectivity index is 2.68. The molecule has 3 nitrogen and oxygen atoms in total. The van der Waals surface area contributed by atoms with Gasteiger partial charge >= 0.3 is 0 Å². The number of benzene rings is 1. The summed E-state index contributed by atoms with van der Waals surface area (Å²) in [5, 5.41) is 3.35. The Morgan fingerprint density at radius 3 is 2.11 bits per heavy atom. The van der Waals surface area contributed by atoms with Gasteiger partial charge in [-0.1, -0.05) is 51.6 Å². The molecule has 0 amide bonds. The van der Waals surface area contributed by atoms with Gasteiger partial charge in [0.25, 0.3) is 0 Å². The zero-order valence-corrected chi connectivity index (χ0v) is 12.2. The van der Waals surface area contributed by atoms with Crippen molar-refractivity contribution in [2.24, 2.45) is 0 Å². The lowest BCUT2D eigenvalue weighted by molar-refractivity contribution is 0.590. The Labute approximate surface area is 115 Å². The normalized spacial score (nSPS) is 10.7. The standard InChI is InChI=1S/C14H21N3S/c1-10(16-17-13(18)15-5)11-6-8-12(9-7-11)14(2,3)4/h6-9,16H,1H2,2-5H3,(H2,15,17,18). The number of hydrogen-bond acceptors (Lipinski definition) is 2. The molecule has 0 unspecified atom stereocenters. The maximum atomic E-state index is 4.97. The van der Waals surface area contributed by atoms with Gasteiger partial charge in [-0.2, -0.15) is 0 Å². The van der Waals surface area contributed by atoms with Crippen molar-refractivity contribution in [1.82, 2.24) is 16.2 Å². The van der Waals surface area contributed by atoms with Crippen LogP contribution < -0.4 is 16.2 Å². The van der Waals surface area contributed by atoms with Gasteiger partial charge in [-0.3, -0.25) is 10.9 Å². The van der Waals surface area contributed by atoms with Gasteiger partial charge in [0.15, 0.2) is 5.11 Å². The molecule has 1 aromatic carbocycles. The predicted molar refractivity (Wildman–Crippen MR) is 82.1 cm³/mol. The highest BCUT2D eigenvalue weighted by molar-refractivity contribution is 7.80. The van der Waals surface area contributed by atoms with E-state index in [0.29, 0.717) is 5.11 Å². The molecule has 98 valence electrons. The van der Waals surface area contributed by atoms with Crippen molar-refractivity contribution in [3.05, 3.63) is 42.0 Å². The van der Waals surface area contributed by atoms with Gasteiger partial charge in [-0.25, -0.2) is 0 Å². The topological polar surface area (TPSA) is 36.1 Å². The molecule has 0 fully saturated rings. The first-order valence-electron chi connectivity index (χ1n) is 5.88. The van der Waals surface area contributed by atoms with E-state index in [1.807, 2.05) is 0 Å². The number of thiocarbonyl (C=S) groups is 1. The number of rotatable bonds is 3. The summed E-state index contributed by atoms with van der Waals surface area (Å²) in [6, 6.07) is 8.36. The molecular formula is C14H21N3S. The largest absolute Gasteiger partial charge is 0.364 e. The van der Waals surface area contributed by atoms with E-state index in [2.05, 4.69) is 67.8 Å². The molecule has 0 aromatic heterocycles. The molecule has 0 aliphatic rings. The SMILES string of the molecule is C=C(NNC(=S)NC)c1ccc(C(C)(C)C)cc1. The second-order valence-corrected chi connectivity index (χ2v) is 5.54. The molecule has 0 spiro atoms. The minimum absolute atomic E-state index is 0.166. The van der Waals surface area contributed by atoms with Crippen molar-refractivity contribution < 1.29 is 0 Å². The Hall–Kier alpha value is -1.55. The third kappa shape index (κ3) is 4.04. The van der Waals surface area contributed by atoms with E-state index in [9.17, 15) is 0 Å². The molecule has 0 heterocycles. The minimum Gasteiger partial charge on any atom is -0.364 e. The predicted octanol–water partition coefficient (Wildman–Crippen LogP) is 2.55. The molecule has 1 aromatic rings. The number of hydrogen-bond donors (Lipinski definition) is 3. The molecule has 4 heteroatoms. The second-order valence-electron chi connectivity index (χ2n) is 5.14. The molecule has 0 radical (unpaired) electrons. The highest BCUT2D eigenvalue weighted by atomic mass is 32.1. The summed E-state index contributed by atoms with van der Waals surface area (Å²) in [7, 11) is 1.76. The van der Waals surface area contributed by atoms with E-state index < -0.39 is 0 Å². The van der Waals surface area contributed by atoms with E-state index >= 15 is 0 Å². The summed E-state index contributed by atoms with van der Waals surface area (Å²) in [6.07, 6.45) is 0. The van der Waals surface area contributed by atoms with Crippen molar-refractivity contribution in [2.75, 3.05) is 7.05 Å². The first-order chi connectivity index (χ1) is 8.34. The maximum absolute atomic E-state index is 4.97. The van der Waals surface area contributed by atoms with Crippen molar-refractivity contribution in [2.45, 2.75) is 26.2 Å². The third-order valence-corrected chi connectivity index (χ3v) is 2.96. The monoisotopic (exact) mass is 263 g/mol. The second kappa shape index (κ2) is 5.87. The molecule has 0 saturated carbocycles. The number of hydrazine groups is 1. The number of nitrogens with one attached hydrogen (secondary N) is 3. The van der Waals surface area contributed by atoms with Crippen LogP contribution in [0.4, 0.5) is 0 Å². The Morgan fingerprint density at radius 2 is 1.67 bits per heavy atom. The molecule has 0 bridgehead atoms. The van der Waals surface area contributed by atoms with Crippen molar-refractivity contribution in [3.63, 3.8) is 0 Å². The molecular weight excluding hydrogens is 242 g/mol. The fourth-order valence-electron chi connectivity index (χ4n) is 1.44. The quantitative estimate of drug-likeness (QED) is 0.578. The molecule has 3 N–H and O–H groups in total. The van der Waals surface area contributed by atoms with Gasteiger partial charge in [0, 0.05) is 7.05 Å². The van der Waals surface area contributed by atoms with Crippen LogP contribution in [0, 0.1) is 0 Å². The van der Waals surface area contributed by atoms with Crippen LogP contribution in [0.2, 0.25) is 0 Å². The van der Waals surface area contributed by atoms with E-state index in [0.717, 1.165) is 11.3 Å². The molecule has 0 saturated heterocycles. The van der Waals surface area contributed by atoms with Crippen LogP contribution in [0.25, 0.3) is 5.70 Å².